The van der Waals surface area contributed by atoms with Gasteiger partial charge in [0.2, 0.25) is 0 Å². The molecule has 0 aromatic heterocycles. The topological polar surface area (TPSA) is 45.6 Å². The van der Waals surface area contributed by atoms with Crippen molar-refractivity contribution in [2.24, 2.45) is 11.0 Å². The lowest BCUT2D eigenvalue weighted by atomic mass is 10.2. The number of rotatable bonds is 6. The van der Waals surface area contributed by atoms with E-state index >= 15 is 0 Å². The molecule has 0 aliphatic heterocycles. The Morgan fingerprint density at radius 1 is 1.37 bits per heavy atom. The molecule has 5 heteroatoms. The van der Waals surface area contributed by atoms with Gasteiger partial charge in [0.25, 0.3) is 0 Å². The van der Waals surface area contributed by atoms with E-state index in [0.717, 1.165) is 11.3 Å². The van der Waals surface area contributed by atoms with Crippen molar-refractivity contribution >= 4 is 23.5 Å². The fourth-order valence-corrected chi connectivity index (χ4v) is 1.46. The van der Waals surface area contributed by atoms with Crippen molar-refractivity contribution in [3.05, 3.63) is 29.8 Å². The molecule has 1 rings (SSSR count). The Kier molecular flexibility index (Phi) is 6.89. The first-order valence-corrected chi connectivity index (χ1v) is 6.81. The average molecular weight is 279 g/mol. The summed E-state index contributed by atoms with van der Waals surface area (Å²) in [4.78, 5) is 0. The number of ether oxygens (including phenoxy) is 1. The van der Waals surface area contributed by atoms with E-state index in [4.69, 9.17) is 17.0 Å². The zero-order chi connectivity index (χ0) is 14.1. The van der Waals surface area contributed by atoms with Crippen LogP contribution >= 0.6 is 12.2 Å². The molecule has 0 aliphatic rings. The standard InChI is InChI=1S/C14H21N3OS/c1-4-18-13-7-5-12(6-8-13)10-15-14(19)17-16-9-11(2)3/h5-9,11H,4,10H2,1-3H3,(H2,15,17,19)/b16-9-. The van der Waals surface area contributed by atoms with Crippen molar-refractivity contribution in [1.82, 2.24) is 10.7 Å². The monoisotopic (exact) mass is 279 g/mol. The predicted octanol–water partition coefficient (Wildman–Crippen LogP) is 2.69. The summed E-state index contributed by atoms with van der Waals surface area (Å²) < 4.78 is 5.38. The lowest BCUT2D eigenvalue weighted by Gasteiger charge is -2.08. The van der Waals surface area contributed by atoms with Gasteiger partial charge in [-0.25, -0.2) is 0 Å². The van der Waals surface area contributed by atoms with Gasteiger partial charge in [-0.15, -0.1) is 0 Å². The van der Waals surface area contributed by atoms with Gasteiger partial charge in [-0.3, -0.25) is 5.43 Å². The quantitative estimate of drug-likeness (QED) is 0.477. The smallest absolute Gasteiger partial charge is 0.187 e. The highest BCUT2D eigenvalue weighted by molar-refractivity contribution is 7.80. The zero-order valence-electron chi connectivity index (χ0n) is 11.6. The molecule has 0 heterocycles. The first-order valence-electron chi connectivity index (χ1n) is 6.40. The van der Waals surface area contributed by atoms with Crippen LogP contribution in [0.2, 0.25) is 0 Å². The highest BCUT2D eigenvalue weighted by Crippen LogP contribution is 2.11. The van der Waals surface area contributed by atoms with Crippen LogP contribution in [-0.2, 0) is 6.54 Å². The number of hydrogen-bond donors (Lipinski definition) is 2. The minimum atomic E-state index is 0.404. The van der Waals surface area contributed by atoms with Crippen LogP contribution in [0.5, 0.6) is 5.75 Å². The summed E-state index contributed by atoms with van der Waals surface area (Å²) in [5, 5.41) is 7.63. The molecule has 1 aromatic carbocycles. The number of hydrogen-bond acceptors (Lipinski definition) is 3. The molecule has 0 atom stereocenters. The lowest BCUT2D eigenvalue weighted by Crippen LogP contribution is -2.31. The highest BCUT2D eigenvalue weighted by atomic mass is 32.1. The van der Waals surface area contributed by atoms with Crippen molar-refractivity contribution in [3.63, 3.8) is 0 Å². The van der Waals surface area contributed by atoms with Crippen LogP contribution in [0.1, 0.15) is 26.3 Å². The van der Waals surface area contributed by atoms with E-state index in [9.17, 15) is 0 Å². The molecule has 1 aromatic rings. The van der Waals surface area contributed by atoms with Gasteiger partial charge in [0.15, 0.2) is 5.11 Å². The molecule has 0 radical (unpaired) electrons. The molecule has 0 unspecified atom stereocenters. The van der Waals surface area contributed by atoms with Gasteiger partial charge in [-0.1, -0.05) is 26.0 Å². The third kappa shape index (κ3) is 6.76. The van der Waals surface area contributed by atoms with Crippen LogP contribution in [0, 0.1) is 5.92 Å². The van der Waals surface area contributed by atoms with Crippen LogP contribution in [0.3, 0.4) is 0 Å². The minimum absolute atomic E-state index is 0.404. The van der Waals surface area contributed by atoms with Crippen molar-refractivity contribution in [3.8, 4) is 5.75 Å². The van der Waals surface area contributed by atoms with Gasteiger partial charge in [-0.05, 0) is 42.8 Å². The van der Waals surface area contributed by atoms with Gasteiger partial charge in [-0.2, -0.15) is 5.10 Å². The molecular formula is C14H21N3OS. The maximum atomic E-state index is 5.38. The molecule has 104 valence electrons. The summed E-state index contributed by atoms with van der Waals surface area (Å²) in [5.74, 6) is 1.29. The zero-order valence-corrected chi connectivity index (χ0v) is 12.5. The predicted molar refractivity (Wildman–Crippen MR) is 83.5 cm³/mol. The summed E-state index contributed by atoms with van der Waals surface area (Å²) in [6.45, 7) is 7.43. The molecular weight excluding hydrogens is 258 g/mol. The van der Waals surface area contributed by atoms with Crippen LogP contribution in [0.15, 0.2) is 29.4 Å². The summed E-state index contributed by atoms with van der Waals surface area (Å²) >= 11 is 5.11. The number of nitrogens with zero attached hydrogens (tertiary/aromatic N) is 1. The second-order valence-electron chi connectivity index (χ2n) is 4.39. The Morgan fingerprint density at radius 2 is 2.05 bits per heavy atom. The largest absolute Gasteiger partial charge is 0.494 e. The van der Waals surface area contributed by atoms with Crippen LogP contribution < -0.4 is 15.5 Å². The van der Waals surface area contributed by atoms with Gasteiger partial charge >= 0.3 is 0 Å². The van der Waals surface area contributed by atoms with Crippen molar-refractivity contribution in [2.75, 3.05) is 6.61 Å². The number of benzene rings is 1. The summed E-state index contributed by atoms with van der Waals surface area (Å²) in [5.41, 5.74) is 3.92. The first-order chi connectivity index (χ1) is 9.11. The third-order valence-electron chi connectivity index (χ3n) is 2.23. The Hall–Kier alpha value is -1.62. The van der Waals surface area contributed by atoms with Crippen molar-refractivity contribution in [2.45, 2.75) is 27.3 Å². The van der Waals surface area contributed by atoms with Gasteiger partial charge in [0, 0.05) is 12.8 Å². The molecule has 2 N–H and O–H groups in total. The fraction of sp³-hybridized carbons (Fsp3) is 0.429. The van der Waals surface area contributed by atoms with Crippen molar-refractivity contribution < 1.29 is 4.74 Å². The third-order valence-corrected chi connectivity index (χ3v) is 2.46. The number of nitrogens with one attached hydrogen (secondary N) is 2. The Morgan fingerprint density at radius 3 is 2.63 bits per heavy atom. The molecule has 0 saturated heterocycles. The minimum Gasteiger partial charge on any atom is -0.494 e. The van der Waals surface area contributed by atoms with E-state index in [2.05, 4.69) is 29.7 Å². The van der Waals surface area contributed by atoms with E-state index in [0.29, 0.717) is 24.2 Å². The second-order valence-corrected chi connectivity index (χ2v) is 4.80. The van der Waals surface area contributed by atoms with Gasteiger partial charge in [0.1, 0.15) is 5.75 Å². The average Bonchev–Trinajstić information content (AvgIpc) is 2.38. The number of hydrazone groups is 1. The molecule has 4 nitrogen and oxygen atoms in total. The maximum Gasteiger partial charge on any atom is 0.187 e. The molecule has 0 spiro atoms. The Balaban J connectivity index is 2.33. The number of thiocarbonyl (C=S) groups is 1. The fourth-order valence-electron chi connectivity index (χ4n) is 1.34. The SMILES string of the molecule is CCOc1ccc(CNC(=S)N/N=C\C(C)C)cc1. The summed E-state index contributed by atoms with van der Waals surface area (Å²) in [6, 6.07) is 7.93. The molecule has 0 fully saturated rings. The molecule has 0 aliphatic carbocycles. The normalized spacial score (nSPS) is 10.7. The molecule has 0 bridgehead atoms. The molecule has 0 saturated carbocycles. The molecule has 19 heavy (non-hydrogen) atoms. The van der Waals surface area contributed by atoms with E-state index < -0.39 is 0 Å². The van der Waals surface area contributed by atoms with Gasteiger partial charge < -0.3 is 10.1 Å². The lowest BCUT2D eigenvalue weighted by molar-refractivity contribution is 0.340. The summed E-state index contributed by atoms with van der Waals surface area (Å²) in [6.07, 6.45) is 1.81. The highest BCUT2D eigenvalue weighted by Gasteiger charge is 1.97. The maximum absolute atomic E-state index is 5.38. The first kappa shape index (κ1) is 15.4. The van der Waals surface area contributed by atoms with Crippen LogP contribution in [-0.4, -0.2) is 17.9 Å². The van der Waals surface area contributed by atoms with E-state index in [1.807, 2.05) is 37.4 Å². The Labute approximate surface area is 120 Å². The van der Waals surface area contributed by atoms with Crippen LogP contribution in [0.25, 0.3) is 0 Å². The van der Waals surface area contributed by atoms with Gasteiger partial charge in [0.05, 0.1) is 6.61 Å². The second kappa shape index (κ2) is 8.48. The van der Waals surface area contributed by atoms with Crippen LogP contribution in [0.4, 0.5) is 0 Å². The molecule has 0 amide bonds. The van der Waals surface area contributed by atoms with E-state index in [1.165, 1.54) is 0 Å². The Bertz CT molecular complexity index is 415. The van der Waals surface area contributed by atoms with Crippen molar-refractivity contribution in [1.29, 1.82) is 0 Å². The summed E-state index contributed by atoms with van der Waals surface area (Å²) in [7, 11) is 0. The van der Waals surface area contributed by atoms with E-state index in [-0.39, 0.29) is 0 Å². The van der Waals surface area contributed by atoms with E-state index in [1.54, 1.807) is 0 Å².